The predicted molar refractivity (Wildman–Crippen MR) is 62.4 cm³/mol. The minimum absolute atomic E-state index is 0.225. The first-order valence-corrected chi connectivity index (χ1v) is 6.86. The predicted octanol–water partition coefficient (Wildman–Crippen LogP) is 1.40. The second-order valence-corrected chi connectivity index (χ2v) is 5.90. The molecule has 0 fully saturated rings. The minimum Gasteiger partial charge on any atom is -0.393 e. The Labute approximate surface area is 105 Å². The van der Waals surface area contributed by atoms with E-state index in [1.54, 1.807) is 6.92 Å². The van der Waals surface area contributed by atoms with Crippen LogP contribution in [0.3, 0.4) is 0 Å². The van der Waals surface area contributed by atoms with Gasteiger partial charge in [-0.25, -0.2) is 21.9 Å². The molecule has 0 aliphatic carbocycles. The van der Waals surface area contributed by atoms with Crippen LogP contribution in [-0.4, -0.2) is 25.7 Å². The van der Waals surface area contributed by atoms with Crippen molar-refractivity contribution in [3.63, 3.8) is 0 Å². The second kappa shape index (κ2) is 5.73. The number of benzene rings is 1. The van der Waals surface area contributed by atoms with Crippen LogP contribution >= 0.6 is 0 Å². The molecule has 2 N–H and O–H groups in total. The van der Waals surface area contributed by atoms with Crippen LogP contribution in [0.2, 0.25) is 0 Å². The van der Waals surface area contributed by atoms with Gasteiger partial charge in [0.15, 0.2) is 11.6 Å². The van der Waals surface area contributed by atoms with Crippen LogP contribution in [0.15, 0.2) is 23.1 Å². The second-order valence-electron chi connectivity index (χ2n) is 4.18. The normalized spacial score (nSPS) is 15.4. The number of aliphatic hydroxyl groups excluding tert-OH is 1. The number of halogens is 2. The average Bonchev–Trinajstić information content (AvgIpc) is 2.19. The van der Waals surface area contributed by atoms with E-state index in [0.29, 0.717) is 6.07 Å². The molecule has 4 nitrogen and oxygen atoms in total. The summed E-state index contributed by atoms with van der Waals surface area (Å²) in [5.41, 5.74) is 0. The van der Waals surface area contributed by atoms with Crippen molar-refractivity contribution in [2.24, 2.45) is 0 Å². The SMILES string of the molecule is CC(O)CC(C)NS(=O)(=O)c1ccc(F)c(F)c1. The third-order valence-corrected chi connectivity index (χ3v) is 3.84. The van der Waals surface area contributed by atoms with Crippen molar-refractivity contribution in [3.8, 4) is 0 Å². The van der Waals surface area contributed by atoms with Gasteiger partial charge in [-0.05, 0) is 38.5 Å². The molecule has 0 saturated heterocycles. The number of hydrogen-bond acceptors (Lipinski definition) is 3. The smallest absolute Gasteiger partial charge is 0.240 e. The fourth-order valence-corrected chi connectivity index (χ4v) is 2.80. The van der Waals surface area contributed by atoms with Crippen molar-refractivity contribution >= 4 is 10.0 Å². The molecule has 0 heterocycles. The molecule has 2 atom stereocenters. The molecule has 0 aliphatic rings. The summed E-state index contributed by atoms with van der Waals surface area (Å²) in [5.74, 6) is -2.33. The number of hydrogen-bond donors (Lipinski definition) is 2. The lowest BCUT2D eigenvalue weighted by molar-refractivity contribution is 0.175. The van der Waals surface area contributed by atoms with Crippen LogP contribution in [-0.2, 0) is 10.0 Å². The van der Waals surface area contributed by atoms with E-state index in [4.69, 9.17) is 5.11 Å². The standard InChI is InChI=1S/C11H15F2NO3S/c1-7(5-8(2)15)14-18(16,17)9-3-4-10(12)11(13)6-9/h3-4,6-8,14-15H,5H2,1-2H3. The lowest BCUT2D eigenvalue weighted by Crippen LogP contribution is -2.34. The maximum atomic E-state index is 12.9. The highest BCUT2D eigenvalue weighted by molar-refractivity contribution is 7.89. The van der Waals surface area contributed by atoms with E-state index in [0.717, 1.165) is 12.1 Å². The van der Waals surface area contributed by atoms with E-state index >= 15 is 0 Å². The van der Waals surface area contributed by atoms with Crippen molar-refractivity contribution < 1.29 is 22.3 Å². The Kier molecular flexibility index (Phi) is 4.78. The van der Waals surface area contributed by atoms with Gasteiger partial charge in [-0.15, -0.1) is 0 Å². The van der Waals surface area contributed by atoms with Gasteiger partial charge in [-0.1, -0.05) is 0 Å². The van der Waals surface area contributed by atoms with Gasteiger partial charge in [0, 0.05) is 6.04 Å². The highest BCUT2D eigenvalue weighted by Crippen LogP contribution is 2.14. The third-order valence-electron chi connectivity index (χ3n) is 2.25. The number of rotatable bonds is 5. The van der Waals surface area contributed by atoms with E-state index in [-0.39, 0.29) is 11.3 Å². The Morgan fingerprint density at radius 1 is 1.28 bits per heavy atom. The van der Waals surface area contributed by atoms with Gasteiger partial charge in [0.05, 0.1) is 11.0 Å². The maximum Gasteiger partial charge on any atom is 0.240 e. The molecule has 0 aromatic heterocycles. The molecule has 2 unspecified atom stereocenters. The molecular formula is C11H15F2NO3S. The van der Waals surface area contributed by atoms with Crippen LogP contribution in [0.1, 0.15) is 20.3 Å². The molecule has 0 bridgehead atoms. The van der Waals surface area contributed by atoms with Crippen LogP contribution in [0.4, 0.5) is 8.78 Å². The molecule has 1 aromatic rings. The summed E-state index contributed by atoms with van der Waals surface area (Å²) in [7, 11) is -3.91. The molecule has 102 valence electrons. The lowest BCUT2D eigenvalue weighted by Gasteiger charge is -2.15. The summed E-state index contributed by atoms with van der Waals surface area (Å²) in [6.07, 6.45) is -0.434. The molecule has 0 spiro atoms. The first-order valence-electron chi connectivity index (χ1n) is 5.38. The van der Waals surface area contributed by atoms with Crippen molar-refractivity contribution in [3.05, 3.63) is 29.8 Å². The topological polar surface area (TPSA) is 66.4 Å². The van der Waals surface area contributed by atoms with Gasteiger partial charge in [0.25, 0.3) is 0 Å². The van der Waals surface area contributed by atoms with Gasteiger partial charge in [-0.3, -0.25) is 0 Å². The fourth-order valence-electron chi connectivity index (χ4n) is 1.54. The molecule has 0 aliphatic heterocycles. The molecule has 7 heteroatoms. The number of sulfonamides is 1. The number of aliphatic hydroxyl groups is 1. The molecule has 0 amide bonds. The Hall–Kier alpha value is -1.05. The fraction of sp³-hybridized carbons (Fsp3) is 0.455. The van der Waals surface area contributed by atoms with Gasteiger partial charge in [0.2, 0.25) is 10.0 Å². The summed E-state index contributed by atoms with van der Waals surface area (Å²) in [6.45, 7) is 3.10. The summed E-state index contributed by atoms with van der Waals surface area (Å²) < 4.78 is 51.5. The van der Waals surface area contributed by atoms with E-state index in [1.165, 1.54) is 6.92 Å². The number of nitrogens with one attached hydrogen (secondary N) is 1. The van der Waals surface area contributed by atoms with E-state index in [9.17, 15) is 17.2 Å². The minimum atomic E-state index is -3.91. The highest BCUT2D eigenvalue weighted by atomic mass is 32.2. The summed E-state index contributed by atoms with van der Waals surface area (Å²) in [6, 6.07) is 1.84. The van der Waals surface area contributed by atoms with E-state index in [2.05, 4.69) is 4.72 Å². The molecule has 1 rings (SSSR count). The Morgan fingerprint density at radius 2 is 1.89 bits per heavy atom. The van der Waals surface area contributed by atoms with Gasteiger partial charge in [-0.2, -0.15) is 0 Å². The first-order chi connectivity index (χ1) is 8.22. The van der Waals surface area contributed by atoms with Crippen LogP contribution in [0, 0.1) is 11.6 Å². The van der Waals surface area contributed by atoms with E-state index in [1.807, 2.05) is 0 Å². The van der Waals surface area contributed by atoms with Crippen molar-refractivity contribution in [1.82, 2.24) is 4.72 Å². The van der Waals surface area contributed by atoms with Crippen LogP contribution in [0.25, 0.3) is 0 Å². The quantitative estimate of drug-likeness (QED) is 0.856. The maximum absolute atomic E-state index is 12.9. The Morgan fingerprint density at radius 3 is 2.39 bits per heavy atom. The monoisotopic (exact) mass is 279 g/mol. The average molecular weight is 279 g/mol. The Bertz CT molecular complexity index is 517. The largest absolute Gasteiger partial charge is 0.393 e. The summed E-state index contributed by atoms with van der Waals surface area (Å²) >= 11 is 0. The van der Waals surface area contributed by atoms with Crippen molar-refractivity contribution in [1.29, 1.82) is 0 Å². The summed E-state index contributed by atoms with van der Waals surface area (Å²) in [4.78, 5) is -0.348. The molecule has 0 saturated carbocycles. The van der Waals surface area contributed by atoms with Gasteiger partial charge in [0.1, 0.15) is 0 Å². The Balaban J connectivity index is 2.89. The van der Waals surface area contributed by atoms with Crippen molar-refractivity contribution in [2.75, 3.05) is 0 Å². The lowest BCUT2D eigenvalue weighted by atomic mass is 10.2. The zero-order chi connectivity index (χ0) is 13.9. The summed E-state index contributed by atoms with van der Waals surface area (Å²) in [5, 5.41) is 9.13. The molecule has 18 heavy (non-hydrogen) atoms. The van der Waals surface area contributed by atoms with Gasteiger partial charge >= 0.3 is 0 Å². The molecule has 1 aromatic carbocycles. The third kappa shape index (κ3) is 4.01. The molecule has 0 radical (unpaired) electrons. The zero-order valence-electron chi connectivity index (χ0n) is 10.0. The molecular weight excluding hydrogens is 264 g/mol. The van der Waals surface area contributed by atoms with Crippen LogP contribution < -0.4 is 4.72 Å². The van der Waals surface area contributed by atoms with Crippen molar-refractivity contribution in [2.45, 2.75) is 37.3 Å². The van der Waals surface area contributed by atoms with Gasteiger partial charge < -0.3 is 5.11 Å². The van der Waals surface area contributed by atoms with E-state index < -0.39 is 33.8 Å². The zero-order valence-corrected chi connectivity index (χ0v) is 10.8. The van der Waals surface area contributed by atoms with Crippen LogP contribution in [0.5, 0.6) is 0 Å². The first kappa shape index (κ1) is 15.0. The highest BCUT2D eigenvalue weighted by Gasteiger charge is 2.19.